The van der Waals surface area contributed by atoms with Crippen molar-refractivity contribution in [3.63, 3.8) is 0 Å². The van der Waals surface area contributed by atoms with E-state index in [1.165, 1.54) is 7.11 Å². The van der Waals surface area contributed by atoms with Crippen LogP contribution in [0.15, 0.2) is 30.5 Å². The van der Waals surface area contributed by atoms with Gasteiger partial charge in [0.15, 0.2) is 10.8 Å². The second-order valence-electron chi connectivity index (χ2n) is 3.97. The fraction of sp³-hybridized carbons (Fsp3) is 0.154. The maximum atomic E-state index is 12.4. The molecule has 0 spiro atoms. The van der Waals surface area contributed by atoms with Crippen LogP contribution in [0, 0.1) is 0 Å². The third-order valence-corrected chi connectivity index (χ3v) is 2.74. The number of hydrogen-bond acceptors (Lipinski definition) is 5. The number of halogens is 4. The van der Waals surface area contributed by atoms with Crippen molar-refractivity contribution < 1.29 is 27.4 Å². The number of rotatable bonds is 3. The first-order valence-electron chi connectivity index (χ1n) is 5.77. The fourth-order valence-corrected chi connectivity index (χ4v) is 1.63. The molecule has 0 saturated heterocycles. The van der Waals surface area contributed by atoms with E-state index in [1.54, 1.807) is 0 Å². The van der Waals surface area contributed by atoms with Crippen molar-refractivity contribution in [3.05, 3.63) is 46.9 Å². The molecule has 22 heavy (non-hydrogen) atoms. The molecule has 0 N–H and O–H groups in total. The molecule has 1 heterocycles. The maximum absolute atomic E-state index is 12.4. The SMILES string of the molecule is COC(=O)c1cnc(Oc2ccc(C(F)(F)F)cc2)c(Cl)n1. The third kappa shape index (κ3) is 3.64. The van der Waals surface area contributed by atoms with Crippen LogP contribution in [0.1, 0.15) is 16.1 Å². The van der Waals surface area contributed by atoms with E-state index in [4.69, 9.17) is 16.3 Å². The first-order valence-corrected chi connectivity index (χ1v) is 6.15. The van der Waals surface area contributed by atoms with Crippen molar-refractivity contribution >= 4 is 17.6 Å². The molecule has 1 aromatic heterocycles. The Morgan fingerprint density at radius 3 is 2.36 bits per heavy atom. The predicted octanol–water partition coefficient (Wildman–Crippen LogP) is 3.73. The molecule has 0 bridgehead atoms. The molecule has 116 valence electrons. The highest BCUT2D eigenvalue weighted by Gasteiger charge is 2.30. The molecular formula is C13H8ClF3N2O3. The number of ether oxygens (including phenoxy) is 2. The standard InChI is InChI=1S/C13H8ClF3N2O3/c1-21-12(20)9-6-18-11(10(14)19-9)22-8-4-2-7(3-5-8)13(15,16)17/h2-6H,1H3. The van der Waals surface area contributed by atoms with Crippen molar-refractivity contribution in [1.29, 1.82) is 0 Å². The van der Waals surface area contributed by atoms with Gasteiger partial charge in [-0.1, -0.05) is 11.6 Å². The van der Waals surface area contributed by atoms with Gasteiger partial charge < -0.3 is 9.47 Å². The average Bonchev–Trinajstić information content (AvgIpc) is 2.48. The Kier molecular flexibility index (Phi) is 4.51. The third-order valence-electron chi connectivity index (χ3n) is 2.49. The van der Waals surface area contributed by atoms with Gasteiger partial charge in [0, 0.05) is 0 Å². The number of carbonyl (C=O) groups is 1. The summed E-state index contributed by atoms with van der Waals surface area (Å²) in [6.07, 6.45) is -3.35. The zero-order valence-corrected chi connectivity index (χ0v) is 11.8. The molecule has 0 fully saturated rings. The van der Waals surface area contributed by atoms with E-state index in [9.17, 15) is 18.0 Å². The number of nitrogens with zero attached hydrogens (tertiary/aromatic N) is 2. The Morgan fingerprint density at radius 2 is 1.86 bits per heavy atom. The molecule has 0 amide bonds. The van der Waals surface area contributed by atoms with Crippen molar-refractivity contribution in [2.45, 2.75) is 6.18 Å². The van der Waals surface area contributed by atoms with Gasteiger partial charge in [0.2, 0.25) is 0 Å². The van der Waals surface area contributed by atoms with Crippen molar-refractivity contribution in [2.75, 3.05) is 7.11 Å². The van der Waals surface area contributed by atoms with Crippen LogP contribution in [0.3, 0.4) is 0 Å². The summed E-state index contributed by atoms with van der Waals surface area (Å²) < 4.78 is 47.0. The number of aromatic nitrogens is 2. The minimum atomic E-state index is -4.43. The monoisotopic (exact) mass is 332 g/mol. The molecule has 0 aliphatic carbocycles. The molecule has 2 aromatic rings. The molecule has 0 atom stereocenters. The van der Waals surface area contributed by atoms with Crippen molar-refractivity contribution in [1.82, 2.24) is 9.97 Å². The summed E-state index contributed by atoms with van der Waals surface area (Å²) in [5, 5.41) is -0.220. The average molecular weight is 333 g/mol. The van der Waals surface area contributed by atoms with Crippen LogP contribution in [-0.4, -0.2) is 23.0 Å². The summed E-state index contributed by atoms with van der Waals surface area (Å²) in [7, 11) is 1.17. The highest BCUT2D eigenvalue weighted by Crippen LogP contribution is 2.32. The van der Waals surface area contributed by atoms with Gasteiger partial charge >= 0.3 is 12.1 Å². The largest absolute Gasteiger partial charge is 0.464 e. The first-order chi connectivity index (χ1) is 10.3. The van der Waals surface area contributed by atoms with Gasteiger partial charge in [-0.25, -0.2) is 14.8 Å². The summed E-state index contributed by atoms with van der Waals surface area (Å²) >= 11 is 5.80. The molecule has 0 aliphatic rings. The molecule has 0 aliphatic heterocycles. The summed E-state index contributed by atoms with van der Waals surface area (Å²) in [6.45, 7) is 0. The minimum absolute atomic E-state index is 0.0926. The molecule has 9 heteroatoms. The second-order valence-corrected chi connectivity index (χ2v) is 4.32. The predicted molar refractivity (Wildman–Crippen MR) is 69.9 cm³/mol. The zero-order valence-electron chi connectivity index (χ0n) is 11.0. The van der Waals surface area contributed by atoms with Crippen molar-refractivity contribution in [3.8, 4) is 11.6 Å². The Labute approximate surface area is 127 Å². The van der Waals surface area contributed by atoms with Gasteiger partial charge in [-0.05, 0) is 24.3 Å². The fourth-order valence-electron chi connectivity index (χ4n) is 1.45. The van der Waals surface area contributed by atoms with Crippen LogP contribution in [0.5, 0.6) is 11.6 Å². The summed E-state index contributed by atoms with van der Waals surface area (Å²) in [6, 6.07) is 3.96. The maximum Gasteiger partial charge on any atom is 0.416 e. The molecule has 2 rings (SSSR count). The van der Waals surface area contributed by atoms with E-state index in [1.807, 2.05) is 0 Å². The van der Waals surface area contributed by atoms with E-state index in [2.05, 4.69) is 14.7 Å². The number of esters is 1. The number of carbonyl (C=O) groups excluding carboxylic acids is 1. The van der Waals surface area contributed by atoms with Crippen molar-refractivity contribution in [2.24, 2.45) is 0 Å². The van der Waals surface area contributed by atoms with Gasteiger partial charge in [-0.2, -0.15) is 13.2 Å². The lowest BCUT2D eigenvalue weighted by Crippen LogP contribution is -2.06. The van der Waals surface area contributed by atoms with E-state index in [-0.39, 0.29) is 22.5 Å². The van der Waals surface area contributed by atoms with Gasteiger partial charge in [-0.3, -0.25) is 0 Å². The quantitative estimate of drug-likeness (QED) is 0.801. The number of methoxy groups -OCH3 is 1. The lowest BCUT2D eigenvalue weighted by molar-refractivity contribution is -0.137. The van der Waals surface area contributed by atoms with E-state index in [0.717, 1.165) is 30.5 Å². The van der Waals surface area contributed by atoms with Gasteiger partial charge in [-0.15, -0.1) is 0 Å². The van der Waals surface area contributed by atoms with Crippen LogP contribution in [0.25, 0.3) is 0 Å². The lowest BCUT2D eigenvalue weighted by Gasteiger charge is -2.09. The Morgan fingerprint density at radius 1 is 1.23 bits per heavy atom. The van der Waals surface area contributed by atoms with Crippen LogP contribution in [0.2, 0.25) is 5.15 Å². The Hall–Kier alpha value is -2.35. The Bertz CT molecular complexity index is 690. The molecule has 0 radical (unpaired) electrons. The van der Waals surface area contributed by atoms with Crippen LogP contribution < -0.4 is 4.74 Å². The van der Waals surface area contributed by atoms with Gasteiger partial charge in [0.05, 0.1) is 18.9 Å². The molecular weight excluding hydrogens is 325 g/mol. The molecule has 0 saturated carbocycles. The van der Waals surface area contributed by atoms with E-state index < -0.39 is 17.7 Å². The van der Waals surface area contributed by atoms with Crippen LogP contribution in [0.4, 0.5) is 13.2 Å². The normalized spacial score (nSPS) is 11.1. The first kappa shape index (κ1) is 16.0. The van der Waals surface area contributed by atoms with Crippen LogP contribution in [-0.2, 0) is 10.9 Å². The minimum Gasteiger partial charge on any atom is -0.464 e. The summed E-state index contributed by atoms with van der Waals surface area (Å²) in [5.41, 5.74) is -0.926. The van der Waals surface area contributed by atoms with Gasteiger partial charge in [0.25, 0.3) is 5.88 Å². The number of benzene rings is 1. The van der Waals surface area contributed by atoms with E-state index >= 15 is 0 Å². The molecule has 5 nitrogen and oxygen atoms in total. The van der Waals surface area contributed by atoms with Gasteiger partial charge in [0.1, 0.15) is 5.75 Å². The zero-order chi connectivity index (χ0) is 16.3. The summed E-state index contributed by atoms with van der Waals surface area (Å²) in [4.78, 5) is 18.7. The summed E-state index contributed by atoms with van der Waals surface area (Å²) in [5.74, 6) is -0.778. The highest BCUT2D eigenvalue weighted by molar-refractivity contribution is 6.30. The lowest BCUT2D eigenvalue weighted by atomic mass is 10.2. The number of alkyl halides is 3. The molecule has 0 unspecified atom stereocenters. The highest BCUT2D eigenvalue weighted by atomic mass is 35.5. The Balaban J connectivity index is 2.19. The second kappa shape index (κ2) is 6.18. The topological polar surface area (TPSA) is 61.3 Å². The van der Waals surface area contributed by atoms with E-state index in [0.29, 0.717) is 0 Å². The molecule has 1 aromatic carbocycles. The smallest absolute Gasteiger partial charge is 0.416 e. The van der Waals surface area contributed by atoms with Crippen LogP contribution >= 0.6 is 11.6 Å². The number of hydrogen-bond donors (Lipinski definition) is 0.